The van der Waals surface area contributed by atoms with Crippen molar-refractivity contribution in [2.45, 2.75) is 0 Å². The molecule has 0 unspecified atom stereocenters. The van der Waals surface area contributed by atoms with Crippen LogP contribution in [0.1, 0.15) is 0 Å². The smallest absolute Gasteiger partial charge is 0.310 e. The zero-order chi connectivity index (χ0) is 12.9. The van der Waals surface area contributed by atoms with Gasteiger partial charge in [-0.15, -0.1) is 0 Å². The lowest BCUT2D eigenvalue weighted by atomic mass is 10.0. The van der Waals surface area contributed by atoms with Gasteiger partial charge in [-0.05, 0) is 18.2 Å². The fraction of sp³-hybridized carbons (Fsp3) is 0.333. The summed E-state index contributed by atoms with van der Waals surface area (Å²) in [7, 11) is 1.80. The van der Waals surface area contributed by atoms with Crippen molar-refractivity contribution in [2.75, 3.05) is 18.0 Å². The molecule has 94 valence electrons. The molecule has 6 heteroatoms. The summed E-state index contributed by atoms with van der Waals surface area (Å²) < 4.78 is 14.9. The number of benzene rings is 1. The molecule has 3 rings (SSSR count). The first kappa shape index (κ1) is 11.0. The van der Waals surface area contributed by atoms with Crippen molar-refractivity contribution < 1.29 is 14.3 Å². The Bertz CT molecular complexity index is 632. The number of aliphatic carboxylic acids is 1. The van der Waals surface area contributed by atoms with Crippen molar-refractivity contribution in [2.24, 2.45) is 13.0 Å². The number of carbonyl (C=O) groups is 1. The van der Waals surface area contributed by atoms with Crippen LogP contribution in [0, 0.1) is 11.7 Å². The molecule has 0 amide bonds. The molecule has 0 spiro atoms. The van der Waals surface area contributed by atoms with Crippen LogP contribution in [0.5, 0.6) is 0 Å². The van der Waals surface area contributed by atoms with Crippen LogP contribution in [0.4, 0.5) is 10.3 Å². The Hall–Kier alpha value is -2.11. The minimum absolute atomic E-state index is 0.302. The quantitative estimate of drug-likeness (QED) is 0.869. The van der Waals surface area contributed by atoms with Crippen LogP contribution in [-0.2, 0) is 11.8 Å². The van der Waals surface area contributed by atoms with Crippen LogP contribution < -0.4 is 4.90 Å². The van der Waals surface area contributed by atoms with Gasteiger partial charge in [-0.25, -0.2) is 9.37 Å². The number of imidazole rings is 1. The highest BCUT2D eigenvalue weighted by molar-refractivity contribution is 5.80. The van der Waals surface area contributed by atoms with Crippen LogP contribution in [0.25, 0.3) is 11.0 Å². The predicted molar refractivity (Wildman–Crippen MR) is 64.0 cm³/mol. The minimum atomic E-state index is -0.781. The Balaban J connectivity index is 1.94. The predicted octanol–water partition coefficient (Wildman–Crippen LogP) is 1.23. The van der Waals surface area contributed by atoms with Crippen molar-refractivity contribution in [1.82, 2.24) is 9.55 Å². The lowest BCUT2D eigenvalue weighted by Crippen LogP contribution is -2.51. The van der Waals surface area contributed by atoms with Gasteiger partial charge in [0.05, 0.1) is 17.0 Å². The fourth-order valence-corrected chi connectivity index (χ4v) is 2.23. The van der Waals surface area contributed by atoms with E-state index in [9.17, 15) is 9.18 Å². The number of carboxylic acid groups (broad SMARTS) is 1. The molecule has 1 fully saturated rings. The van der Waals surface area contributed by atoms with Crippen molar-refractivity contribution in [3.05, 3.63) is 24.0 Å². The highest BCUT2D eigenvalue weighted by Gasteiger charge is 2.34. The van der Waals surface area contributed by atoms with Gasteiger partial charge >= 0.3 is 5.97 Å². The standard InChI is InChI=1S/C12H12FN3O2/c1-15-10-4-8(13)2-3-9(10)14-12(15)16-5-7(6-16)11(17)18/h2-4,7H,5-6H2,1H3,(H,17,18). The minimum Gasteiger partial charge on any atom is -0.481 e. The maximum atomic E-state index is 13.2. The number of rotatable bonds is 2. The van der Waals surface area contributed by atoms with E-state index in [4.69, 9.17) is 5.11 Å². The van der Waals surface area contributed by atoms with E-state index >= 15 is 0 Å². The van der Waals surface area contributed by atoms with E-state index in [2.05, 4.69) is 4.98 Å². The Labute approximate surface area is 102 Å². The van der Waals surface area contributed by atoms with Crippen LogP contribution in [-0.4, -0.2) is 33.7 Å². The number of halogens is 1. The van der Waals surface area contributed by atoms with Gasteiger partial charge < -0.3 is 14.6 Å². The summed E-state index contributed by atoms with van der Waals surface area (Å²) in [6.45, 7) is 0.907. The maximum Gasteiger partial charge on any atom is 0.310 e. The second-order valence-corrected chi connectivity index (χ2v) is 4.54. The topological polar surface area (TPSA) is 58.4 Å². The molecule has 1 aromatic heterocycles. The van der Waals surface area contributed by atoms with Gasteiger partial charge in [-0.2, -0.15) is 0 Å². The number of hydrogen-bond donors (Lipinski definition) is 1. The van der Waals surface area contributed by atoms with Crippen LogP contribution in [0.15, 0.2) is 18.2 Å². The number of fused-ring (bicyclic) bond motifs is 1. The first-order chi connectivity index (χ1) is 8.56. The van der Waals surface area contributed by atoms with Gasteiger partial charge in [-0.3, -0.25) is 4.79 Å². The molecule has 1 aliphatic heterocycles. The summed E-state index contributed by atoms with van der Waals surface area (Å²) in [4.78, 5) is 17.0. The molecular formula is C12H12FN3O2. The first-order valence-corrected chi connectivity index (χ1v) is 5.66. The molecular weight excluding hydrogens is 237 g/mol. The third-order valence-corrected chi connectivity index (χ3v) is 3.33. The molecule has 2 aromatic rings. The normalized spacial score (nSPS) is 16.0. The molecule has 0 atom stereocenters. The summed E-state index contributed by atoms with van der Waals surface area (Å²) in [5.41, 5.74) is 1.43. The van der Waals surface area contributed by atoms with Crippen LogP contribution in [0.2, 0.25) is 0 Å². The van der Waals surface area contributed by atoms with Crippen molar-refractivity contribution >= 4 is 23.0 Å². The SMILES string of the molecule is Cn1c(N2CC(C(=O)O)C2)nc2ccc(F)cc21. The average Bonchev–Trinajstić information content (AvgIpc) is 2.54. The monoisotopic (exact) mass is 249 g/mol. The highest BCUT2D eigenvalue weighted by Crippen LogP contribution is 2.27. The van der Waals surface area contributed by atoms with E-state index < -0.39 is 5.97 Å². The van der Waals surface area contributed by atoms with Crippen LogP contribution >= 0.6 is 0 Å². The molecule has 0 bridgehead atoms. The van der Waals surface area contributed by atoms with Gasteiger partial charge in [0.2, 0.25) is 5.95 Å². The lowest BCUT2D eigenvalue weighted by molar-refractivity contribution is -0.142. The number of hydrogen-bond acceptors (Lipinski definition) is 3. The summed E-state index contributed by atoms with van der Waals surface area (Å²) >= 11 is 0. The highest BCUT2D eigenvalue weighted by atomic mass is 19.1. The zero-order valence-corrected chi connectivity index (χ0v) is 9.80. The van der Waals surface area contributed by atoms with E-state index in [-0.39, 0.29) is 11.7 Å². The molecule has 0 saturated carbocycles. The van der Waals surface area contributed by atoms with E-state index in [1.807, 2.05) is 4.90 Å². The van der Waals surface area contributed by atoms with Crippen molar-refractivity contribution in [1.29, 1.82) is 0 Å². The second kappa shape index (κ2) is 3.69. The molecule has 1 N–H and O–H groups in total. The van der Waals surface area contributed by atoms with E-state index in [1.165, 1.54) is 12.1 Å². The Kier molecular flexibility index (Phi) is 2.26. The number of anilines is 1. The lowest BCUT2D eigenvalue weighted by Gasteiger charge is -2.37. The second-order valence-electron chi connectivity index (χ2n) is 4.54. The van der Waals surface area contributed by atoms with E-state index in [1.54, 1.807) is 17.7 Å². The number of aryl methyl sites for hydroxylation is 1. The molecule has 18 heavy (non-hydrogen) atoms. The molecule has 2 heterocycles. The average molecular weight is 249 g/mol. The summed E-state index contributed by atoms with van der Waals surface area (Å²) in [6.07, 6.45) is 0. The van der Waals surface area contributed by atoms with Crippen molar-refractivity contribution in [3.63, 3.8) is 0 Å². The Morgan fingerprint density at radius 2 is 2.22 bits per heavy atom. The molecule has 1 saturated heterocycles. The van der Waals surface area contributed by atoms with Crippen LogP contribution in [0.3, 0.4) is 0 Å². The van der Waals surface area contributed by atoms with Gasteiger partial charge in [0.25, 0.3) is 0 Å². The summed E-state index contributed by atoms with van der Waals surface area (Å²) in [5.74, 6) is -0.727. The Morgan fingerprint density at radius 1 is 1.50 bits per heavy atom. The summed E-state index contributed by atoms with van der Waals surface area (Å²) in [5, 5.41) is 8.84. The van der Waals surface area contributed by atoms with Crippen molar-refractivity contribution in [3.8, 4) is 0 Å². The third-order valence-electron chi connectivity index (χ3n) is 3.33. The largest absolute Gasteiger partial charge is 0.481 e. The zero-order valence-electron chi connectivity index (χ0n) is 9.80. The third kappa shape index (κ3) is 1.53. The van der Waals surface area contributed by atoms with Gasteiger partial charge in [-0.1, -0.05) is 0 Å². The molecule has 0 radical (unpaired) electrons. The molecule has 1 aromatic carbocycles. The summed E-state index contributed by atoms with van der Waals surface area (Å²) in [6, 6.07) is 4.43. The number of carboxylic acids is 1. The number of aromatic nitrogens is 2. The maximum absolute atomic E-state index is 13.2. The molecule has 1 aliphatic rings. The van der Waals surface area contributed by atoms with E-state index in [0.717, 1.165) is 0 Å². The number of nitrogens with zero attached hydrogens (tertiary/aromatic N) is 3. The van der Waals surface area contributed by atoms with Gasteiger partial charge in [0, 0.05) is 20.1 Å². The fourth-order valence-electron chi connectivity index (χ4n) is 2.23. The van der Waals surface area contributed by atoms with E-state index in [0.29, 0.717) is 30.1 Å². The first-order valence-electron chi connectivity index (χ1n) is 5.66. The molecule has 0 aliphatic carbocycles. The molecule has 5 nitrogen and oxygen atoms in total. The van der Waals surface area contributed by atoms with Gasteiger partial charge in [0.1, 0.15) is 5.82 Å². The Morgan fingerprint density at radius 3 is 2.89 bits per heavy atom. The van der Waals surface area contributed by atoms with Gasteiger partial charge in [0.15, 0.2) is 0 Å².